The van der Waals surface area contributed by atoms with Gasteiger partial charge in [-0.2, -0.15) is 0 Å². The van der Waals surface area contributed by atoms with E-state index in [0.717, 1.165) is 6.42 Å². The number of aliphatic hydroxyl groups is 4. The molecular formula is C18H34N2O10. The Kier molecular flexibility index (Phi) is 11.7. The van der Waals surface area contributed by atoms with Crippen molar-refractivity contribution in [3.05, 3.63) is 0 Å². The normalized spacial score (nSPS) is 28.7. The van der Waals surface area contributed by atoms with E-state index in [9.17, 15) is 30.0 Å². The molecular weight excluding hydrogens is 404 g/mol. The number of unbranched alkanes of at least 4 members (excludes halogenated alkanes) is 1. The molecule has 1 aliphatic heterocycles. The number of hydrogen-bond acceptors (Lipinski definition) is 10. The summed E-state index contributed by atoms with van der Waals surface area (Å²) >= 11 is 0. The molecule has 0 aromatic rings. The third kappa shape index (κ3) is 7.71. The average Bonchev–Trinajstić information content (AvgIpc) is 2.70. The highest BCUT2D eigenvalue weighted by atomic mass is 16.7. The van der Waals surface area contributed by atoms with Crippen LogP contribution in [0.15, 0.2) is 0 Å². The highest BCUT2D eigenvalue weighted by Crippen LogP contribution is 2.33. The van der Waals surface area contributed by atoms with Crippen molar-refractivity contribution in [2.75, 3.05) is 33.0 Å². The predicted molar refractivity (Wildman–Crippen MR) is 102 cm³/mol. The van der Waals surface area contributed by atoms with E-state index in [-0.39, 0.29) is 6.61 Å². The molecule has 0 bridgehead atoms. The molecule has 1 saturated heterocycles. The van der Waals surface area contributed by atoms with Gasteiger partial charge in [0, 0.05) is 26.6 Å². The predicted octanol–water partition coefficient (Wildman–Crippen LogP) is -2.70. The van der Waals surface area contributed by atoms with Gasteiger partial charge in [0.05, 0.1) is 25.4 Å². The highest BCUT2D eigenvalue weighted by Gasteiger charge is 2.55. The second-order valence-corrected chi connectivity index (χ2v) is 7.19. The van der Waals surface area contributed by atoms with Crippen molar-refractivity contribution < 1.29 is 49.3 Å². The van der Waals surface area contributed by atoms with Crippen LogP contribution >= 0.6 is 0 Å². The van der Waals surface area contributed by atoms with Gasteiger partial charge in [-0.25, -0.2) is 4.79 Å². The Bertz CT molecular complexity index is 537. The lowest BCUT2D eigenvalue weighted by Crippen LogP contribution is -2.67. The van der Waals surface area contributed by atoms with Crippen LogP contribution in [-0.4, -0.2) is 107 Å². The van der Waals surface area contributed by atoms with Gasteiger partial charge in [-0.15, -0.1) is 0 Å². The number of nitrogens with two attached hydrogens (primary N) is 1. The Morgan fingerprint density at radius 3 is 2.43 bits per heavy atom. The van der Waals surface area contributed by atoms with E-state index in [0.29, 0.717) is 32.6 Å². The molecule has 0 aromatic heterocycles. The first-order valence-electron chi connectivity index (χ1n) is 9.93. The largest absolute Gasteiger partial charge is 0.477 e. The van der Waals surface area contributed by atoms with Crippen LogP contribution in [0, 0.1) is 0 Å². The van der Waals surface area contributed by atoms with Gasteiger partial charge < -0.3 is 50.8 Å². The van der Waals surface area contributed by atoms with E-state index >= 15 is 0 Å². The minimum absolute atomic E-state index is 0.0323. The molecule has 1 amide bonds. The van der Waals surface area contributed by atoms with Crippen LogP contribution in [0.25, 0.3) is 0 Å². The van der Waals surface area contributed by atoms with Gasteiger partial charge in [-0.1, -0.05) is 0 Å². The molecule has 0 unspecified atom stereocenters. The maximum absolute atomic E-state index is 11.9. The van der Waals surface area contributed by atoms with Gasteiger partial charge >= 0.3 is 5.97 Å². The third-order valence-corrected chi connectivity index (χ3v) is 4.70. The number of carbonyl (C=O) groups is 2. The van der Waals surface area contributed by atoms with E-state index < -0.39 is 61.1 Å². The molecule has 1 aliphatic rings. The molecule has 0 saturated carbocycles. The number of hydrogen-bond donors (Lipinski definition) is 7. The first-order valence-corrected chi connectivity index (χ1v) is 9.93. The summed E-state index contributed by atoms with van der Waals surface area (Å²) in [7, 11) is 0. The lowest BCUT2D eigenvalue weighted by Gasteiger charge is -2.46. The van der Waals surface area contributed by atoms with Gasteiger partial charge in [-0.05, 0) is 25.8 Å². The van der Waals surface area contributed by atoms with E-state index in [1.165, 1.54) is 6.92 Å². The molecule has 0 radical (unpaired) electrons. The smallest absolute Gasteiger partial charge is 0.364 e. The van der Waals surface area contributed by atoms with Crippen molar-refractivity contribution in [3.8, 4) is 0 Å². The lowest BCUT2D eigenvalue weighted by atomic mass is 9.88. The fourth-order valence-corrected chi connectivity index (χ4v) is 3.11. The number of carboxylic acids is 1. The number of aliphatic carboxylic acids is 1. The molecule has 0 aromatic carbocycles. The van der Waals surface area contributed by atoms with E-state index in [1.807, 2.05) is 0 Å². The summed E-state index contributed by atoms with van der Waals surface area (Å²) in [6.07, 6.45) is -5.22. The molecule has 1 fully saturated rings. The fraction of sp³-hybridized carbons (Fsp3) is 0.889. The lowest BCUT2D eigenvalue weighted by molar-refractivity contribution is -0.311. The summed E-state index contributed by atoms with van der Waals surface area (Å²) in [5.41, 5.74) is 5.36. The first-order chi connectivity index (χ1) is 14.2. The van der Waals surface area contributed by atoms with Crippen molar-refractivity contribution >= 4 is 11.9 Å². The molecule has 1 heterocycles. The first kappa shape index (κ1) is 26.7. The molecule has 1 rings (SSSR count). The van der Waals surface area contributed by atoms with Crippen molar-refractivity contribution in [3.63, 3.8) is 0 Å². The van der Waals surface area contributed by atoms with Crippen LogP contribution in [0.5, 0.6) is 0 Å². The quantitative estimate of drug-likeness (QED) is 0.139. The Morgan fingerprint density at radius 2 is 1.87 bits per heavy atom. The summed E-state index contributed by atoms with van der Waals surface area (Å²) < 4.78 is 16.3. The number of carbonyl (C=O) groups excluding carboxylic acids is 1. The average molecular weight is 438 g/mol. The van der Waals surface area contributed by atoms with Crippen LogP contribution in [-0.2, 0) is 23.8 Å². The number of amides is 1. The monoisotopic (exact) mass is 438 g/mol. The summed E-state index contributed by atoms with van der Waals surface area (Å²) in [6.45, 7) is 1.81. The van der Waals surface area contributed by atoms with Crippen LogP contribution < -0.4 is 11.1 Å². The second-order valence-electron chi connectivity index (χ2n) is 7.19. The van der Waals surface area contributed by atoms with Gasteiger partial charge in [-0.3, -0.25) is 4.79 Å². The molecule has 12 nitrogen and oxygen atoms in total. The van der Waals surface area contributed by atoms with E-state index in [2.05, 4.69) is 5.32 Å². The van der Waals surface area contributed by atoms with Gasteiger partial charge in [0.25, 0.3) is 5.79 Å². The molecule has 12 heteroatoms. The zero-order chi connectivity index (χ0) is 22.7. The van der Waals surface area contributed by atoms with E-state index in [4.69, 9.17) is 25.1 Å². The number of ether oxygens (including phenoxy) is 3. The molecule has 0 spiro atoms. The zero-order valence-electron chi connectivity index (χ0n) is 17.1. The highest BCUT2D eigenvalue weighted by molar-refractivity contribution is 5.76. The molecule has 176 valence electrons. The minimum Gasteiger partial charge on any atom is -0.477 e. The zero-order valence-corrected chi connectivity index (χ0v) is 17.1. The topological polar surface area (TPSA) is 201 Å². The summed E-state index contributed by atoms with van der Waals surface area (Å²) in [5.74, 6) is -4.38. The van der Waals surface area contributed by atoms with E-state index in [1.54, 1.807) is 0 Å². The summed E-state index contributed by atoms with van der Waals surface area (Å²) in [4.78, 5) is 23.4. The maximum atomic E-state index is 11.9. The second kappa shape index (κ2) is 13.1. The van der Waals surface area contributed by atoms with Crippen molar-refractivity contribution in [1.82, 2.24) is 5.32 Å². The number of aliphatic hydroxyl groups excluding tert-OH is 4. The van der Waals surface area contributed by atoms with Crippen LogP contribution in [0.3, 0.4) is 0 Å². The third-order valence-electron chi connectivity index (χ3n) is 4.70. The molecule has 30 heavy (non-hydrogen) atoms. The van der Waals surface area contributed by atoms with Crippen molar-refractivity contribution in [1.29, 1.82) is 0 Å². The molecule has 0 aliphatic carbocycles. The summed E-state index contributed by atoms with van der Waals surface area (Å²) in [5, 5.41) is 51.7. The van der Waals surface area contributed by atoms with Gasteiger partial charge in [0.1, 0.15) is 18.3 Å². The SMILES string of the molecule is CC(=O)N[C@H]1[C@H]([C@H](O)[C@H](O)CO)O[C@@](OCCCCOCCCN)(C(=O)O)C[C@@H]1O. The Balaban J connectivity index is 2.82. The van der Waals surface area contributed by atoms with Crippen LogP contribution in [0.1, 0.15) is 32.6 Å². The number of rotatable bonds is 14. The van der Waals surface area contributed by atoms with Crippen molar-refractivity contribution in [2.45, 2.75) is 68.9 Å². The van der Waals surface area contributed by atoms with Crippen molar-refractivity contribution in [2.24, 2.45) is 5.73 Å². The van der Waals surface area contributed by atoms with Crippen LogP contribution in [0.2, 0.25) is 0 Å². The Labute approximate surface area is 174 Å². The van der Waals surface area contributed by atoms with Gasteiger partial charge in [0.15, 0.2) is 0 Å². The fourth-order valence-electron chi connectivity index (χ4n) is 3.11. The Hall–Kier alpha value is -1.38. The van der Waals surface area contributed by atoms with Gasteiger partial charge in [0.2, 0.25) is 5.91 Å². The molecule has 6 atom stereocenters. The number of nitrogens with one attached hydrogen (secondary N) is 1. The van der Waals surface area contributed by atoms with Crippen LogP contribution in [0.4, 0.5) is 0 Å². The minimum atomic E-state index is -2.30. The Morgan fingerprint density at radius 1 is 1.23 bits per heavy atom. The standard InChI is InChI=1S/C18H34N2O10/c1-11(22)20-14-12(23)9-18(17(26)27,30-16(14)15(25)13(24)10-21)29-8-3-2-6-28-7-4-5-19/h12-16,21,23-25H,2-10,19H2,1H3,(H,20,22)(H,26,27)/t12-,13+,14+,15+,16+,18+/m0/s1. The maximum Gasteiger partial charge on any atom is 0.364 e. The number of carboxylic acid groups (broad SMARTS) is 1. The summed E-state index contributed by atoms with van der Waals surface area (Å²) in [6, 6.07) is -1.22. The molecule has 8 N–H and O–H groups in total.